The smallest absolute Gasteiger partial charge is 0.240 e. The number of benzene rings is 2. The number of ketones is 1. The predicted octanol–water partition coefficient (Wildman–Crippen LogP) is 4.13. The van der Waals surface area contributed by atoms with E-state index in [9.17, 15) is 13.2 Å². The van der Waals surface area contributed by atoms with Crippen molar-refractivity contribution in [3.05, 3.63) is 59.7 Å². The van der Waals surface area contributed by atoms with E-state index in [0.29, 0.717) is 24.3 Å². The van der Waals surface area contributed by atoms with Gasteiger partial charge in [-0.25, -0.2) is 13.1 Å². The van der Waals surface area contributed by atoms with Gasteiger partial charge < -0.3 is 9.47 Å². The van der Waals surface area contributed by atoms with Crippen LogP contribution in [0.2, 0.25) is 0 Å². The third-order valence-electron chi connectivity index (χ3n) is 4.98. The minimum atomic E-state index is -3.47. The lowest BCUT2D eigenvalue weighted by Crippen LogP contribution is -2.24. The number of carbonyl (C=O) groups excluding carboxylic acids is 1. The molecule has 0 amide bonds. The van der Waals surface area contributed by atoms with E-state index in [1.54, 1.807) is 62.8 Å². The molecule has 0 aliphatic carbocycles. The Morgan fingerprint density at radius 1 is 0.967 bits per heavy atom. The van der Waals surface area contributed by atoms with Gasteiger partial charge in [0.2, 0.25) is 10.0 Å². The van der Waals surface area contributed by atoms with Crippen molar-refractivity contribution in [2.75, 3.05) is 20.8 Å². The molecule has 0 radical (unpaired) electrons. The van der Waals surface area contributed by atoms with Crippen LogP contribution in [-0.2, 0) is 14.8 Å². The third-order valence-corrected chi connectivity index (χ3v) is 6.46. The van der Waals surface area contributed by atoms with E-state index in [1.807, 2.05) is 6.92 Å². The highest BCUT2D eigenvalue weighted by Crippen LogP contribution is 2.17. The average Bonchev–Trinajstić information content (AvgIpc) is 2.75. The number of methoxy groups -OCH3 is 2. The second kappa shape index (κ2) is 11.8. The second-order valence-electron chi connectivity index (χ2n) is 7.27. The molecule has 1 unspecified atom stereocenters. The average molecular weight is 434 g/mol. The minimum Gasteiger partial charge on any atom is -0.497 e. The molecular formula is C23H31NO5S. The van der Waals surface area contributed by atoms with E-state index in [4.69, 9.17) is 9.47 Å². The lowest BCUT2D eigenvalue weighted by atomic mass is 10.0. The molecule has 2 aromatic carbocycles. The first-order valence-electron chi connectivity index (χ1n) is 10.1. The van der Waals surface area contributed by atoms with Crippen molar-refractivity contribution in [2.24, 2.45) is 0 Å². The summed E-state index contributed by atoms with van der Waals surface area (Å²) in [7, 11) is -0.264. The number of hydrogen-bond acceptors (Lipinski definition) is 5. The van der Waals surface area contributed by atoms with E-state index in [2.05, 4.69) is 4.72 Å². The van der Waals surface area contributed by atoms with Gasteiger partial charge in [0, 0.05) is 25.6 Å². The first kappa shape index (κ1) is 24.1. The molecule has 0 aliphatic heterocycles. The van der Waals surface area contributed by atoms with Crippen LogP contribution in [0.4, 0.5) is 0 Å². The Hall–Kier alpha value is -2.22. The van der Waals surface area contributed by atoms with Gasteiger partial charge in [0.15, 0.2) is 5.78 Å². The van der Waals surface area contributed by atoms with Gasteiger partial charge in [-0.05, 0) is 56.2 Å². The number of sulfonamides is 1. The molecular weight excluding hydrogens is 402 g/mol. The number of nitrogens with one attached hydrogen (secondary N) is 1. The molecule has 164 valence electrons. The standard InChI is InChI=1S/C23H31NO5S/c1-18-8-14-22(15-9-18)30(26,27)24-16-6-4-5-7-21(29-3)17-23(25)19-10-12-20(28-2)13-11-19/h8-15,21,24H,4-7,16-17H2,1-3H3. The maximum Gasteiger partial charge on any atom is 0.240 e. The fraction of sp³-hybridized carbons (Fsp3) is 0.435. The van der Waals surface area contributed by atoms with Crippen LogP contribution >= 0.6 is 0 Å². The Balaban J connectivity index is 1.69. The zero-order chi connectivity index (χ0) is 22.0. The highest BCUT2D eigenvalue weighted by Gasteiger charge is 2.15. The summed E-state index contributed by atoms with van der Waals surface area (Å²) in [6.07, 6.45) is 3.37. The van der Waals surface area contributed by atoms with Crippen molar-refractivity contribution in [1.29, 1.82) is 0 Å². The summed E-state index contributed by atoms with van der Waals surface area (Å²) in [5.74, 6) is 0.753. The van der Waals surface area contributed by atoms with Crippen molar-refractivity contribution in [3.63, 3.8) is 0 Å². The molecule has 0 aromatic heterocycles. The van der Waals surface area contributed by atoms with Crippen LogP contribution in [0.25, 0.3) is 0 Å². The summed E-state index contributed by atoms with van der Waals surface area (Å²) >= 11 is 0. The molecule has 7 heteroatoms. The zero-order valence-corrected chi connectivity index (χ0v) is 18.7. The number of ether oxygens (including phenoxy) is 2. The molecule has 2 aromatic rings. The molecule has 0 saturated heterocycles. The Kier molecular flexibility index (Phi) is 9.49. The van der Waals surface area contributed by atoms with E-state index in [0.717, 1.165) is 31.2 Å². The van der Waals surface area contributed by atoms with Gasteiger partial charge in [-0.3, -0.25) is 4.79 Å². The molecule has 6 nitrogen and oxygen atoms in total. The van der Waals surface area contributed by atoms with Crippen molar-refractivity contribution in [3.8, 4) is 5.75 Å². The topological polar surface area (TPSA) is 81.7 Å². The molecule has 0 bridgehead atoms. The van der Waals surface area contributed by atoms with Crippen LogP contribution in [0, 0.1) is 6.92 Å². The van der Waals surface area contributed by atoms with Crippen LogP contribution in [0.1, 0.15) is 48.0 Å². The largest absolute Gasteiger partial charge is 0.497 e. The van der Waals surface area contributed by atoms with Crippen molar-refractivity contribution in [1.82, 2.24) is 4.72 Å². The summed E-state index contributed by atoms with van der Waals surface area (Å²) in [6, 6.07) is 13.8. The summed E-state index contributed by atoms with van der Waals surface area (Å²) in [6.45, 7) is 2.31. The van der Waals surface area contributed by atoms with Crippen LogP contribution < -0.4 is 9.46 Å². The highest BCUT2D eigenvalue weighted by atomic mass is 32.2. The number of hydrogen-bond donors (Lipinski definition) is 1. The normalized spacial score (nSPS) is 12.5. The van der Waals surface area contributed by atoms with Crippen LogP contribution in [0.3, 0.4) is 0 Å². The molecule has 0 fully saturated rings. The van der Waals surface area contributed by atoms with Gasteiger partial charge in [-0.1, -0.05) is 30.5 Å². The monoisotopic (exact) mass is 433 g/mol. The number of carbonyl (C=O) groups is 1. The lowest BCUT2D eigenvalue weighted by molar-refractivity contribution is 0.0687. The first-order chi connectivity index (χ1) is 14.4. The first-order valence-corrected chi connectivity index (χ1v) is 11.6. The molecule has 2 rings (SSSR count). The molecule has 0 spiro atoms. The summed E-state index contributed by atoms with van der Waals surface area (Å²) in [5, 5.41) is 0. The highest BCUT2D eigenvalue weighted by molar-refractivity contribution is 7.89. The molecule has 0 aliphatic rings. The maximum atomic E-state index is 12.4. The van der Waals surface area contributed by atoms with Crippen molar-refractivity contribution in [2.45, 2.75) is 50.0 Å². The van der Waals surface area contributed by atoms with Crippen molar-refractivity contribution >= 4 is 15.8 Å². The Morgan fingerprint density at radius 3 is 2.23 bits per heavy atom. The third kappa shape index (κ3) is 7.55. The zero-order valence-electron chi connectivity index (χ0n) is 17.9. The fourth-order valence-corrected chi connectivity index (χ4v) is 4.16. The number of rotatable bonds is 13. The van der Waals surface area contributed by atoms with Crippen molar-refractivity contribution < 1.29 is 22.7 Å². The van der Waals surface area contributed by atoms with Gasteiger partial charge in [-0.2, -0.15) is 0 Å². The van der Waals surface area contributed by atoms with E-state index >= 15 is 0 Å². The summed E-state index contributed by atoms with van der Waals surface area (Å²) in [5.41, 5.74) is 1.66. The van der Waals surface area contributed by atoms with Gasteiger partial charge in [-0.15, -0.1) is 0 Å². The number of Topliss-reactive ketones (excluding diaryl/α,β-unsaturated/α-hetero) is 1. The second-order valence-corrected chi connectivity index (χ2v) is 9.04. The molecule has 0 heterocycles. The maximum absolute atomic E-state index is 12.4. The van der Waals surface area contributed by atoms with E-state index in [1.165, 1.54) is 0 Å². The Bertz CT molecular complexity index is 892. The Labute approximate surface area is 179 Å². The Morgan fingerprint density at radius 2 is 1.63 bits per heavy atom. The number of unbranched alkanes of at least 4 members (excludes halogenated alkanes) is 2. The van der Waals surface area contributed by atoms with E-state index in [-0.39, 0.29) is 16.8 Å². The predicted molar refractivity (Wildman–Crippen MR) is 118 cm³/mol. The molecule has 0 saturated carbocycles. The summed E-state index contributed by atoms with van der Waals surface area (Å²) in [4.78, 5) is 12.7. The molecule has 1 N–H and O–H groups in total. The SMILES string of the molecule is COc1ccc(C(=O)CC(CCCCCNS(=O)(=O)c2ccc(C)cc2)OC)cc1. The van der Waals surface area contributed by atoms with Crippen LogP contribution in [0.5, 0.6) is 5.75 Å². The van der Waals surface area contributed by atoms with Gasteiger partial charge in [0.25, 0.3) is 0 Å². The van der Waals surface area contributed by atoms with Crippen LogP contribution in [0.15, 0.2) is 53.4 Å². The van der Waals surface area contributed by atoms with E-state index < -0.39 is 10.0 Å². The quantitative estimate of drug-likeness (QED) is 0.379. The van der Waals surface area contributed by atoms with Gasteiger partial charge in [0.05, 0.1) is 18.1 Å². The summed E-state index contributed by atoms with van der Waals surface area (Å²) < 4.78 is 37.7. The minimum absolute atomic E-state index is 0.0374. The molecule has 30 heavy (non-hydrogen) atoms. The lowest BCUT2D eigenvalue weighted by Gasteiger charge is -2.15. The fourth-order valence-electron chi connectivity index (χ4n) is 3.09. The van der Waals surface area contributed by atoms with Gasteiger partial charge in [0.1, 0.15) is 5.75 Å². The van der Waals surface area contributed by atoms with Gasteiger partial charge >= 0.3 is 0 Å². The van der Waals surface area contributed by atoms with Crippen LogP contribution in [-0.4, -0.2) is 41.1 Å². The number of aryl methyl sites for hydroxylation is 1. The molecule has 1 atom stereocenters.